The number of thioether (sulfide) groups is 1. The summed E-state index contributed by atoms with van der Waals surface area (Å²) >= 11 is -0.200. The maximum atomic E-state index is 15.4. The molecular formula is C41H40F5N3O3S. The number of piperidine rings is 1. The molecule has 1 fully saturated rings. The smallest absolute Gasteiger partial charge is 0.383 e. The first kappa shape index (κ1) is 20.2. The monoisotopic (exact) mass is 769 g/mol. The van der Waals surface area contributed by atoms with Crippen LogP contribution in [0.15, 0.2) is 101 Å². The van der Waals surface area contributed by atoms with Gasteiger partial charge in [-0.25, -0.2) is 8.78 Å². The summed E-state index contributed by atoms with van der Waals surface area (Å²) in [6, 6.07) is 3.02. The van der Waals surface area contributed by atoms with E-state index in [4.69, 9.17) is 20.6 Å². The first-order chi connectivity index (χ1) is 33.1. The van der Waals surface area contributed by atoms with Crippen LogP contribution in [0, 0.1) is 18.6 Å². The number of carbonyl (C=O) groups is 1. The predicted octanol–water partition coefficient (Wildman–Crippen LogP) is 8.71. The normalized spacial score (nSPS) is 24.9. The van der Waals surface area contributed by atoms with E-state index in [1.54, 1.807) is 0 Å². The van der Waals surface area contributed by atoms with Crippen molar-refractivity contribution in [1.82, 2.24) is 14.4 Å². The number of nitrogens with zero attached hydrogens (tertiary/aromatic N) is 3. The number of alkyl halides is 3. The molecular weight excluding hydrogens is 710 g/mol. The molecule has 2 heterocycles. The Kier molecular flexibility index (Phi) is 6.36. The number of aromatic nitrogens is 1. The van der Waals surface area contributed by atoms with Crippen LogP contribution in [0.3, 0.4) is 0 Å². The minimum Gasteiger partial charge on any atom is -0.383 e. The Morgan fingerprint density at radius 2 is 1.75 bits per heavy atom. The fourth-order valence-corrected chi connectivity index (χ4v) is 5.83. The highest BCUT2D eigenvalue weighted by Gasteiger charge is 2.31. The number of hydrogen-bond donors (Lipinski definition) is 0. The molecule has 0 unspecified atom stereocenters. The molecule has 6 nitrogen and oxygen atoms in total. The van der Waals surface area contributed by atoms with E-state index >= 15 is 9.18 Å². The van der Waals surface area contributed by atoms with Gasteiger partial charge in [0.25, 0.3) is 0 Å². The van der Waals surface area contributed by atoms with Crippen molar-refractivity contribution in [2.45, 2.75) is 55.7 Å². The van der Waals surface area contributed by atoms with Crippen molar-refractivity contribution in [3.05, 3.63) is 135 Å². The van der Waals surface area contributed by atoms with E-state index in [0.717, 1.165) is 55.5 Å². The molecule has 6 rings (SSSR count). The fourth-order valence-electron chi connectivity index (χ4n) is 5.06. The zero-order valence-electron chi connectivity index (χ0n) is 47.3. The standard InChI is InChI=1S/C41H40F5N3O3S/c1-27-6-15-34-36(22-27)49(39(23-37(34)50)53-26-31-4-3-5-35(42)40(31)43)25-38(51)48(33-16-18-47(19-17-33)20-21-52-2)24-28-7-9-29(10-8-28)30-11-13-32(14-12-30)41(44,45)46/h3-15,22-23,33H,16-21,24-26H2,1-2H3/i2D3,6D,15D,16D2,17D2,18D2,19D2,21D2,22D,23D,26D2,33D. The SMILES string of the molecule is [2H]c1c(C)c([2H])c2c(c1[2H])c(=O)c([2H])c(SC([2H])([2H])c1cccc(F)c1F)n2CC(=O)N(Cc1ccc(-c2ccc(C(F)(F)F)cc2)cc1)C1([2H])C([2H])([2H])C([2H])([2H])N(CC([2H])([2H])OC([2H])([2H])[2H])C([2H])([2H])C1([2H])[2H]. The third-order valence-corrected chi connectivity index (χ3v) is 8.55. The van der Waals surface area contributed by atoms with Crippen LogP contribution in [-0.2, 0) is 34.5 Å². The lowest BCUT2D eigenvalue weighted by Gasteiger charge is -2.39. The predicted molar refractivity (Wildman–Crippen MR) is 198 cm³/mol. The van der Waals surface area contributed by atoms with Gasteiger partial charge in [0.2, 0.25) is 5.91 Å². The molecule has 0 radical (unpaired) electrons. The quantitative estimate of drug-likeness (QED) is 0.0940. The molecule has 278 valence electrons. The van der Waals surface area contributed by atoms with Crippen molar-refractivity contribution in [1.29, 1.82) is 0 Å². The molecule has 1 aromatic heterocycles. The van der Waals surface area contributed by atoms with Crippen LogP contribution >= 0.6 is 11.8 Å². The van der Waals surface area contributed by atoms with Crippen LogP contribution in [0.25, 0.3) is 22.0 Å². The van der Waals surface area contributed by atoms with Crippen molar-refractivity contribution in [3.63, 3.8) is 0 Å². The van der Waals surface area contributed by atoms with Gasteiger partial charge in [0, 0.05) is 75.5 Å². The number of carbonyl (C=O) groups excluding carboxylic acids is 1. The number of ether oxygens (including phenoxy) is 1. The molecule has 0 N–H and O–H groups in total. The zero-order chi connectivity index (χ0) is 55.4. The van der Waals surface area contributed by atoms with Gasteiger partial charge in [0.1, 0.15) is 6.54 Å². The van der Waals surface area contributed by atoms with Gasteiger partial charge in [-0.2, -0.15) is 13.2 Å². The number of methoxy groups -OCH3 is 1. The summed E-state index contributed by atoms with van der Waals surface area (Å²) in [5.74, 6) is -5.03. The molecule has 53 heavy (non-hydrogen) atoms. The first-order valence-corrected chi connectivity index (χ1v) is 16.2. The molecule has 12 heteroatoms. The molecule has 4 aromatic carbocycles. The Morgan fingerprint density at radius 3 is 2.43 bits per heavy atom. The number of likely N-dealkylation sites (tertiary alicyclic amines) is 1. The summed E-state index contributed by atoms with van der Waals surface area (Å²) in [4.78, 5) is 29.0. The highest BCUT2D eigenvalue weighted by atomic mass is 32.2. The van der Waals surface area contributed by atoms with Gasteiger partial charge in [-0.15, -0.1) is 11.8 Å². The molecule has 0 aliphatic carbocycles. The van der Waals surface area contributed by atoms with Crippen molar-refractivity contribution in [3.8, 4) is 11.1 Å². The van der Waals surface area contributed by atoms with Crippen molar-refractivity contribution >= 4 is 28.6 Å². The van der Waals surface area contributed by atoms with E-state index in [1.807, 2.05) is 0 Å². The minimum atomic E-state index is -4.69. The molecule has 0 bridgehead atoms. The van der Waals surface area contributed by atoms with Gasteiger partial charge in [-0.05, 0) is 72.2 Å². The molecule has 1 aliphatic rings. The van der Waals surface area contributed by atoms with E-state index in [9.17, 15) is 29.2 Å². The third-order valence-electron chi connectivity index (χ3n) is 7.71. The molecule has 0 spiro atoms. The lowest BCUT2D eigenvalue weighted by atomic mass is 10.00. The topological polar surface area (TPSA) is 54.8 Å². The van der Waals surface area contributed by atoms with Gasteiger partial charge >= 0.3 is 6.18 Å². The van der Waals surface area contributed by atoms with Crippen LogP contribution in [0.1, 0.15) is 62.4 Å². The largest absolute Gasteiger partial charge is 0.416 e. The summed E-state index contributed by atoms with van der Waals surface area (Å²) in [5, 5.41) is -1.88. The summed E-state index contributed by atoms with van der Waals surface area (Å²) < 4.78 is 248. The van der Waals surface area contributed by atoms with Gasteiger partial charge in [-0.3, -0.25) is 9.59 Å². The molecule has 1 aliphatic heterocycles. The lowest BCUT2D eigenvalue weighted by Crippen LogP contribution is -2.48. The summed E-state index contributed by atoms with van der Waals surface area (Å²) in [5.41, 5.74) is -7.55. The number of rotatable bonds is 12. The van der Waals surface area contributed by atoms with E-state index in [1.165, 1.54) is 12.1 Å². The fraction of sp³-hybridized carbons (Fsp3) is 0.317. The van der Waals surface area contributed by atoms with Crippen molar-refractivity contribution < 1.29 is 58.9 Å². The Balaban J connectivity index is 1.62. The number of hydrogen-bond acceptors (Lipinski definition) is 5. The average molecular weight is 770 g/mol. The summed E-state index contributed by atoms with van der Waals surface area (Å²) in [6.45, 7) is -15.4. The van der Waals surface area contributed by atoms with E-state index in [2.05, 4.69) is 4.74 Å². The van der Waals surface area contributed by atoms with E-state index < -0.39 is 156 Å². The number of benzene rings is 4. The van der Waals surface area contributed by atoms with Crippen molar-refractivity contribution in [2.24, 2.45) is 0 Å². The second-order valence-corrected chi connectivity index (χ2v) is 12.1. The number of amides is 1. The second kappa shape index (κ2) is 16.7. The van der Waals surface area contributed by atoms with Gasteiger partial charge in [-0.1, -0.05) is 54.6 Å². The van der Waals surface area contributed by atoms with Crippen molar-refractivity contribution in [2.75, 3.05) is 33.1 Å². The third kappa shape index (κ3) is 9.17. The van der Waals surface area contributed by atoms with Crippen LogP contribution in [0.2, 0.25) is 0 Å². The minimum absolute atomic E-state index is 0.0134. The zero-order valence-corrected chi connectivity index (χ0v) is 28.2. The lowest BCUT2D eigenvalue weighted by molar-refractivity contribution is -0.137. The first-order valence-electron chi connectivity index (χ1n) is 25.4. The Bertz CT molecular complexity index is 3020. The summed E-state index contributed by atoms with van der Waals surface area (Å²) in [6.07, 6.45) is -13.3. The molecule has 1 amide bonds. The van der Waals surface area contributed by atoms with Crippen LogP contribution < -0.4 is 5.43 Å². The van der Waals surface area contributed by atoms with Crippen LogP contribution in [0.5, 0.6) is 0 Å². The van der Waals surface area contributed by atoms with Crippen LogP contribution in [0.4, 0.5) is 22.0 Å². The maximum Gasteiger partial charge on any atom is 0.416 e. The Hall–Kier alpha value is -4.52. The van der Waals surface area contributed by atoms with E-state index in [0.29, 0.717) is 10.6 Å². The Morgan fingerprint density at radius 1 is 1.06 bits per heavy atom. The highest BCUT2D eigenvalue weighted by Crippen LogP contribution is 2.32. The van der Waals surface area contributed by atoms with Crippen LogP contribution in [-0.4, -0.2) is 59.4 Å². The van der Waals surface area contributed by atoms with Gasteiger partial charge < -0.3 is 19.1 Å². The van der Waals surface area contributed by atoms with Gasteiger partial charge in [0.05, 0.1) is 36.4 Å². The highest BCUT2D eigenvalue weighted by molar-refractivity contribution is 7.98. The molecule has 5 aromatic rings. The molecule has 0 atom stereocenters. The molecule has 0 saturated carbocycles. The number of halogens is 5. The number of fused-ring (bicyclic) bond motifs is 1. The second-order valence-electron chi connectivity index (χ2n) is 11.3. The summed E-state index contributed by atoms with van der Waals surface area (Å²) in [7, 11) is -3.57. The molecule has 1 saturated heterocycles. The van der Waals surface area contributed by atoms with Gasteiger partial charge in [0.15, 0.2) is 17.1 Å². The van der Waals surface area contributed by atoms with E-state index in [-0.39, 0.29) is 38.9 Å². The average Bonchev–Trinajstić information content (AvgIpc) is 3.27. The number of pyridine rings is 1. The maximum absolute atomic E-state index is 15.4. The Labute approximate surface area is 337 Å².